The van der Waals surface area contributed by atoms with E-state index in [1.54, 1.807) is 0 Å². The van der Waals surface area contributed by atoms with Crippen LogP contribution in [0.1, 0.15) is 51.1 Å². The summed E-state index contributed by atoms with van der Waals surface area (Å²) in [6, 6.07) is 2.09. The number of nitrogens with one attached hydrogen (secondary N) is 1. The van der Waals surface area contributed by atoms with Gasteiger partial charge in [0.2, 0.25) is 0 Å². The van der Waals surface area contributed by atoms with Gasteiger partial charge in [-0.2, -0.15) is 5.10 Å². The molecule has 0 aromatic carbocycles. The first kappa shape index (κ1) is 11.6. The second-order valence-corrected chi connectivity index (χ2v) is 5.31. The lowest BCUT2D eigenvalue weighted by Crippen LogP contribution is -2.41. The summed E-state index contributed by atoms with van der Waals surface area (Å²) in [6.45, 7) is 3.26. The fraction of sp³-hybridized carbons (Fsp3) is 0.769. The first-order valence-electron chi connectivity index (χ1n) is 6.42. The minimum absolute atomic E-state index is 0.327. The lowest BCUT2D eigenvalue weighted by Gasteiger charge is -2.29. The maximum Gasteiger partial charge on any atom is 0.0762 e. The van der Waals surface area contributed by atoms with Crippen molar-refractivity contribution in [2.45, 2.75) is 57.5 Å². The average molecular weight is 221 g/mol. The molecule has 0 spiro atoms. The van der Waals surface area contributed by atoms with Crippen LogP contribution in [0.2, 0.25) is 0 Å². The lowest BCUT2D eigenvalue weighted by molar-refractivity contribution is 0.309. The van der Waals surface area contributed by atoms with Gasteiger partial charge in [0.15, 0.2) is 0 Å². The molecular weight excluding hydrogens is 198 g/mol. The maximum atomic E-state index is 4.40. The normalized spacial score (nSPS) is 20.6. The molecule has 0 amide bonds. The van der Waals surface area contributed by atoms with E-state index in [4.69, 9.17) is 0 Å². The van der Waals surface area contributed by atoms with Crippen molar-refractivity contribution in [3.8, 4) is 0 Å². The van der Waals surface area contributed by atoms with E-state index in [1.165, 1.54) is 38.5 Å². The minimum atomic E-state index is 0.327. The van der Waals surface area contributed by atoms with Crippen molar-refractivity contribution in [3.05, 3.63) is 18.0 Å². The Labute approximate surface area is 98.2 Å². The van der Waals surface area contributed by atoms with Crippen LogP contribution in [0.25, 0.3) is 0 Å². The molecule has 2 rings (SSSR count). The van der Waals surface area contributed by atoms with E-state index >= 15 is 0 Å². The van der Waals surface area contributed by atoms with Gasteiger partial charge < -0.3 is 5.32 Å². The third kappa shape index (κ3) is 3.08. The molecule has 1 heterocycles. The molecule has 0 unspecified atom stereocenters. The monoisotopic (exact) mass is 221 g/mol. The summed E-state index contributed by atoms with van der Waals surface area (Å²) in [5.41, 5.74) is 1.47. The van der Waals surface area contributed by atoms with Crippen molar-refractivity contribution >= 4 is 0 Å². The highest BCUT2D eigenvalue weighted by atomic mass is 15.3. The van der Waals surface area contributed by atoms with Crippen molar-refractivity contribution in [3.63, 3.8) is 0 Å². The Bertz CT molecular complexity index is 322. The molecular formula is C13H23N3. The fourth-order valence-corrected chi connectivity index (χ4v) is 2.55. The summed E-state index contributed by atoms with van der Waals surface area (Å²) in [7, 11) is 1.97. The Morgan fingerprint density at radius 3 is 2.56 bits per heavy atom. The molecule has 3 heteroatoms. The second kappa shape index (κ2) is 5.00. The Morgan fingerprint density at radius 2 is 2.00 bits per heavy atom. The third-order valence-electron chi connectivity index (χ3n) is 3.67. The molecule has 16 heavy (non-hydrogen) atoms. The zero-order valence-electron chi connectivity index (χ0n) is 10.5. The number of aromatic nitrogens is 2. The molecule has 0 aliphatic heterocycles. The van der Waals surface area contributed by atoms with Crippen LogP contribution in [-0.2, 0) is 13.6 Å². The topological polar surface area (TPSA) is 29.9 Å². The number of aryl methyl sites for hydroxylation is 1. The van der Waals surface area contributed by atoms with Gasteiger partial charge in [-0.25, -0.2) is 0 Å². The number of rotatable bonds is 3. The first-order valence-corrected chi connectivity index (χ1v) is 6.42. The molecule has 1 aliphatic carbocycles. The van der Waals surface area contributed by atoms with Crippen LogP contribution >= 0.6 is 0 Å². The average Bonchev–Trinajstić information content (AvgIpc) is 2.54. The smallest absolute Gasteiger partial charge is 0.0762 e. The SMILES string of the molecule is Cn1ccc(CNC2(C)CCCCCC2)n1. The van der Waals surface area contributed by atoms with Crippen molar-refractivity contribution in [2.75, 3.05) is 0 Å². The molecule has 0 atom stereocenters. The Hall–Kier alpha value is -0.830. The highest BCUT2D eigenvalue weighted by molar-refractivity contribution is 4.99. The van der Waals surface area contributed by atoms with Gasteiger partial charge in [0.05, 0.1) is 5.69 Å². The third-order valence-corrected chi connectivity index (χ3v) is 3.67. The van der Waals surface area contributed by atoms with E-state index in [1.807, 2.05) is 17.9 Å². The van der Waals surface area contributed by atoms with Crippen LogP contribution in [0.4, 0.5) is 0 Å². The standard InChI is InChI=1S/C13H23N3/c1-13(8-5-3-4-6-9-13)14-11-12-7-10-16(2)15-12/h7,10,14H,3-6,8-9,11H2,1-2H3. The van der Waals surface area contributed by atoms with Gasteiger partial charge in [-0.3, -0.25) is 4.68 Å². The summed E-state index contributed by atoms with van der Waals surface area (Å²) < 4.78 is 1.87. The van der Waals surface area contributed by atoms with E-state index in [0.717, 1.165) is 12.2 Å². The van der Waals surface area contributed by atoms with Crippen molar-refractivity contribution < 1.29 is 0 Å². The molecule has 1 aromatic rings. The van der Waals surface area contributed by atoms with Gasteiger partial charge in [0.1, 0.15) is 0 Å². The molecule has 1 saturated carbocycles. The molecule has 1 N–H and O–H groups in total. The number of nitrogens with zero attached hydrogens (tertiary/aromatic N) is 2. The van der Waals surface area contributed by atoms with Gasteiger partial charge in [0, 0.05) is 25.3 Å². The summed E-state index contributed by atoms with van der Waals surface area (Å²) >= 11 is 0. The zero-order chi connectivity index (χ0) is 11.4. The Balaban J connectivity index is 1.87. The first-order chi connectivity index (χ1) is 7.68. The molecule has 0 saturated heterocycles. The molecule has 0 radical (unpaired) electrons. The summed E-state index contributed by atoms with van der Waals surface area (Å²) in [6.07, 6.45) is 10.2. The highest BCUT2D eigenvalue weighted by Crippen LogP contribution is 2.26. The lowest BCUT2D eigenvalue weighted by atomic mass is 9.92. The molecule has 0 bridgehead atoms. The second-order valence-electron chi connectivity index (χ2n) is 5.31. The van der Waals surface area contributed by atoms with Gasteiger partial charge in [0.25, 0.3) is 0 Å². The largest absolute Gasteiger partial charge is 0.306 e. The Kier molecular flexibility index (Phi) is 3.64. The summed E-state index contributed by atoms with van der Waals surface area (Å²) in [5, 5.41) is 8.10. The van der Waals surface area contributed by atoms with Crippen LogP contribution in [0.5, 0.6) is 0 Å². The number of hydrogen-bond donors (Lipinski definition) is 1. The molecule has 1 aliphatic rings. The molecule has 90 valence electrons. The maximum absolute atomic E-state index is 4.40. The predicted molar refractivity (Wildman–Crippen MR) is 66.2 cm³/mol. The van der Waals surface area contributed by atoms with Crippen LogP contribution in [-0.4, -0.2) is 15.3 Å². The van der Waals surface area contributed by atoms with Crippen LogP contribution in [0.3, 0.4) is 0 Å². The molecule has 1 aromatic heterocycles. The van der Waals surface area contributed by atoms with Crippen LogP contribution < -0.4 is 5.32 Å². The van der Waals surface area contributed by atoms with E-state index in [0.29, 0.717) is 5.54 Å². The number of hydrogen-bond acceptors (Lipinski definition) is 2. The van der Waals surface area contributed by atoms with Gasteiger partial charge >= 0.3 is 0 Å². The molecule has 3 nitrogen and oxygen atoms in total. The highest BCUT2D eigenvalue weighted by Gasteiger charge is 2.24. The predicted octanol–water partition coefficient (Wildman–Crippen LogP) is 2.62. The summed E-state index contributed by atoms with van der Waals surface area (Å²) in [4.78, 5) is 0. The quantitative estimate of drug-likeness (QED) is 0.795. The fourth-order valence-electron chi connectivity index (χ4n) is 2.55. The Morgan fingerprint density at radius 1 is 1.31 bits per heavy atom. The van der Waals surface area contributed by atoms with E-state index in [9.17, 15) is 0 Å². The van der Waals surface area contributed by atoms with Gasteiger partial charge in [-0.1, -0.05) is 25.7 Å². The van der Waals surface area contributed by atoms with Crippen molar-refractivity contribution in [1.82, 2.24) is 15.1 Å². The summed E-state index contributed by atoms with van der Waals surface area (Å²) in [5.74, 6) is 0. The van der Waals surface area contributed by atoms with Crippen molar-refractivity contribution in [2.24, 2.45) is 7.05 Å². The minimum Gasteiger partial charge on any atom is -0.306 e. The van der Waals surface area contributed by atoms with Crippen LogP contribution in [0, 0.1) is 0 Å². The molecule has 1 fully saturated rings. The van der Waals surface area contributed by atoms with Gasteiger partial charge in [-0.15, -0.1) is 0 Å². The van der Waals surface area contributed by atoms with E-state index in [-0.39, 0.29) is 0 Å². The van der Waals surface area contributed by atoms with E-state index < -0.39 is 0 Å². The van der Waals surface area contributed by atoms with Gasteiger partial charge in [-0.05, 0) is 25.8 Å². The zero-order valence-corrected chi connectivity index (χ0v) is 10.5. The van der Waals surface area contributed by atoms with Crippen molar-refractivity contribution in [1.29, 1.82) is 0 Å². The van der Waals surface area contributed by atoms with Crippen LogP contribution in [0.15, 0.2) is 12.3 Å². The van der Waals surface area contributed by atoms with E-state index in [2.05, 4.69) is 23.4 Å².